The molecular formula is C10H10N4O2S. The van der Waals surface area contributed by atoms with E-state index in [0.29, 0.717) is 0 Å². The molecule has 0 aliphatic heterocycles. The fourth-order valence-electron chi connectivity index (χ4n) is 1.27. The van der Waals surface area contributed by atoms with E-state index in [4.69, 9.17) is 10.5 Å². The van der Waals surface area contributed by atoms with Crippen LogP contribution in [0.5, 0.6) is 0 Å². The monoisotopic (exact) mass is 250 g/mol. The van der Waals surface area contributed by atoms with Crippen molar-refractivity contribution in [2.45, 2.75) is 11.8 Å². The first-order valence-electron chi connectivity index (χ1n) is 4.80. The average Bonchev–Trinajstić information content (AvgIpc) is 2.35. The summed E-state index contributed by atoms with van der Waals surface area (Å²) in [6.45, 7) is 1.53. The number of nitrogens with zero attached hydrogens (tertiary/aromatic N) is 4. The second-order valence-corrected chi connectivity index (χ2v) is 4.96. The van der Waals surface area contributed by atoms with E-state index in [-0.39, 0.29) is 23.7 Å². The number of sulfonamides is 1. The van der Waals surface area contributed by atoms with E-state index in [0.717, 1.165) is 4.31 Å². The maximum absolute atomic E-state index is 12.1. The molecule has 0 N–H and O–H groups in total. The highest BCUT2D eigenvalue weighted by Gasteiger charge is 2.26. The Labute approximate surface area is 99.8 Å². The maximum atomic E-state index is 12.1. The van der Waals surface area contributed by atoms with Gasteiger partial charge in [-0.25, -0.2) is 13.4 Å². The van der Waals surface area contributed by atoms with E-state index in [9.17, 15) is 8.42 Å². The second kappa shape index (κ2) is 5.39. The Hall–Kier alpha value is -1.96. The van der Waals surface area contributed by atoms with Gasteiger partial charge in [0.1, 0.15) is 17.5 Å². The van der Waals surface area contributed by atoms with Crippen molar-refractivity contribution >= 4 is 10.0 Å². The molecule has 1 aromatic rings. The van der Waals surface area contributed by atoms with Crippen LogP contribution in [0.2, 0.25) is 0 Å². The van der Waals surface area contributed by atoms with Gasteiger partial charge in [-0.2, -0.15) is 14.8 Å². The van der Waals surface area contributed by atoms with Gasteiger partial charge in [-0.3, -0.25) is 0 Å². The third kappa shape index (κ3) is 2.59. The van der Waals surface area contributed by atoms with Crippen LogP contribution in [0, 0.1) is 22.7 Å². The summed E-state index contributed by atoms with van der Waals surface area (Å²) in [4.78, 5) is 3.52. The molecule has 7 heteroatoms. The molecule has 0 aliphatic rings. The molecule has 0 radical (unpaired) electrons. The van der Waals surface area contributed by atoms with E-state index in [1.54, 1.807) is 19.1 Å². The number of hydrogen-bond donors (Lipinski definition) is 0. The van der Waals surface area contributed by atoms with Crippen LogP contribution in [-0.4, -0.2) is 30.8 Å². The first-order chi connectivity index (χ1) is 8.07. The Bertz CT molecular complexity index is 583. The number of nitriles is 2. The zero-order valence-corrected chi connectivity index (χ0v) is 9.98. The molecule has 17 heavy (non-hydrogen) atoms. The summed E-state index contributed by atoms with van der Waals surface area (Å²) in [5.41, 5.74) is -0.163. The molecule has 0 amide bonds. The van der Waals surface area contributed by atoms with Gasteiger partial charge in [0.2, 0.25) is 10.0 Å². The highest BCUT2D eigenvalue weighted by Crippen LogP contribution is 2.17. The quantitative estimate of drug-likeness (QED) is 0.724. The van der Waals surface area contributed by atoms with Gasteiger partial charge in [0.05, 0.1) is 6.07 Å². The first kappa shape index (κ1) is 13.1. The molecule has 0 spiro atoms. The molecule has 1 aromatic heterocycles. The molecule has 88 valence electrons. The van der Waals surface area contributed by atoms with Crippen LogP contribution in [0.25, 0.3) is 0 Å². The maximum Gasteiger partial charge on any atom is 0.246 e. The Morgan fingerprint density at radius 3 is 2.71 bits per heavy atom. The summed E-state index contributed by atoms with van der Waals surface area (Å²) in [6.07, 6.45) is 1.35. The topological polar surface area (TPSA) is 97.8 Å². The van der Waals surface area contributed by atoms with Crippen LogP contribution in [0.1, 0.15) is 12.6 Å². The molecule has 0 saturated heterocycles. The molecule has 1 rings (SSSR count). The van der Waals surface area contributed by atoms with E-state index >= 15 is 0 Å². The Morgan fingerprint density at radius 2 is 2.18 bits per heavy atom. The van der Waals surface area contributed by atoms with Gasteiger partial charge in [-0.15, -0.1) is 0 Å². The number of aromatic nitrogens is 1. The molecule has 0 atom stereocenters. The van der Waals surface area contributed by atoms with E-state index in [1.165, 1.54) is 18.3 Å². The van der Waals surface area contributed by atoms with E-state index < -0.39 is 10.0 Å². The molecule has 0 bridgehead atoms. The zero-order chi connectivity index (χ0) is 12.9. The van der Waals surface area contributed by atoms with Crippen LogP contribution >= 0.6 is 0 Å². The summed E-state index contributed by atoms with van der Waals surface area (Å²) in [6, 6.07) is 6.24. The third-order valence-corrected chi connectivity index (χ3v) is 4.05. The van der Waals surface area contributed by atoms with Crippen LogP contribution in [0.4, 0.5) is 0 Å². The number of hydrogen-bond acceptors (Lipinski definition) is 5. The summed E-state index contributed by atoms with van der Waals surface area (Å²) in [5.74, 6) is 0. The Kier molecular flexibility index (Phi) is 4.16. The predicted molar refractivity (Wildman–Crippen MR) is 59.0 cm³/mol. The minimum Gasteiger partial charge on any atom is -0.244 e. The lowest BCUT2D eigenvalue weighted by Crippen LogP contribution is -2.31. The highest BCUT2D eigenvalue weighted by molar-refractivity contribution is 7.89. The van der Waals surface area contributed by atoms with Gasteiger partial charge in [0.15, 0.2) is 5.69 Å². The van der Waals surface area contributed by atoms with Gasteiger partial charge >= 0.3 is 0 Å². The third-order valence-electron chi connectivity index (χ3n) is 2.09. The van der Waals surface area contributed by atoms with Gasteiger partial charge in [-0.1, -0.05) is 6.92 Å². The van der Waals surface area contributed by atoms with Crippen molar-refractivity contribution in [3.8, 4) is 12.1 Å². The largest absolute Gasteiger partial charge is 0.246 e. The first-order valence-corrected chi connectivity index (χ1v) is 6.24. The lowest BCUT2D eigenvalue weighted by molar-refractivity contribution is 0.462. The van der Waals surface area contributed by atoms with Crippen molar-refractivity contribution in [2.24, 2.45) is 0 Å². The van der Waals surface area contributed by atoms with Crippen LogP contribution < -0.4 is 0 Å². The summed E-state index contributed by atoms with van der Waals surface area (Å²) < 4.78 is 25.2. The van der Waals surface area contributed by atoms with Gasteiger partial charge in [0.25, 0.3) is 0 Å². The fraction of sp³-hybridized carbons (Fsp3) is 0.300. The van der Waals surface area contributed by atoms with Crippen molar-refractivity contribution in [1.29, 1.82) is 10.5 Å². The molecular weight excluding hydrogens is 240 g/mol. The van der Waals surface area contributed by atoms with Crippen molar-refractivity contribution in [3.63, 3.8) is 0 Å². The number of pyridine rings is 1. The zero-order valence-electron chi connectivity index (χ0n) is 9.16. The van der Waals surface area contributed by atoms with E-state index in [2.05, 4.69) is 4.98 Å². The van der Waals surface area contributed by atoms with Gasteiger partial charge < -0.3 is 0 Å². The molecule has 1 heterocycles. The lowest BCUT2D eigenvalue weighted by Gasteiger charge is -2.17. The fourth-order valence-corrected chi connectivity index (χ4v) is 2.71. The lowest BCUT2D eigenvalue weighted by atomic mass is 10.4. The van der Waals surface area contributed by atoms with Crippen molar-refractivity contribution in [2.75, 3.05) is 13.1 Å². The summed E-state index contributed by atoms with van der Waals surface area (Å²) in [7, 11) is -3.83. The minimum atomic E-state index is -3.83. The highest BCUT2D eigenvalue weighted by atomic mass is 32.2. The molecule has 0 aliphatic carbocycles. The molecule has 0 fully saturated rings. The predicted octanol–water partition coefficient (Wildman–Crippen LogP) is 0.487. The number of rotatable bonds is 4. The summed E-state index contributed by atoms with van der Waals surface area (Å²) in [5, 5.41) is 17.4. The normalized spacial score (nSPS) is 10.8. The minimum absolute atomic E-state index is 0.162. The smallest absolute Gasteiger partial charge is 0.244 e. The second-order valence-electron chi connectivity index (χ2n) is 3.05. The van der Waals surface area contributed by atoms with Gasteiger partial charge in [0, 0.05) is 12.7 Å². The van der Waals surface area contributed by atoms with Crippen molar-refractivity contribution < 1.29 is 8.42 Å². The Morgan fingerprint density at radius 1 is 1.47 bits per heavy atom. The van der Waals surface area contributed by atoms with Crippen LogP contribution in [-0.2, 0) is 10.0 Å². The van der Waals surface area contributed by atoms with Crippen LogP contribution in [0.15, 0.2) is 23.2 Å². The van der Waals surface area contributed by atoms with Gasteiger partial charge in [-0.05, 0) is 12.1 Å². The standard InChI is InChI=1S/C10H10N4O2S/c1-2-14(7-5-11)17(15,16)10-4-3-6-13-9(10)8-12/h3-4,6H,2,7H2,1H3. The molecule has 0 unspecified atom stereocenters. The molecule has 0 aromatic carbocycles. The summed E-state index contributed by atoms with van der Waals surface area (Å²) >= 11 is 0. The van der Waals surface area contributed by atoms with Crippen LogP contribution in [0.3, 0.4) is 0 Å². The van der Waals surface area contributed by atoms with Crippen molar-refractivity contribution in [1.82, 2.24) is 9.29 Å². The van der Waals surface area contributed by atoms with E-state index in [1.807, 2.05) is 0 Å². The Balaban J connectivity index is 3.32. The molecule has 0 saturated carbocycles. The molecule has 6 nitrogen and oxygen atoms in total. The average molecular weight is 250 g/mol. The van der Waals surface area contributed by atoms with Crippen molar-refractivity contribution in [3.05, 3.63) is 24.0 Å². The SMILES string of the molecule is CCN(CC#N)S(=O)(=O)c1cccnc1C#N.